The first kappa shape index (κ1) is 11.5. The quantitative estimate of drug-likeness (QED) is 0.720. The number of hydrogen-bond donors (Lipinski definition) is 1. The summed E-state index contributed by atoms with van der Waals surface area (Å²) >= 11 is 0. The first-order chi connectivity index (χ1) is 6.57. The number of nitrogens with zero attached hydrogens (tertiary/aromatic N) is 1. The van der Waals surface area contributed by atoms with Gasteiger partial charge in [-0.25, -0.2) is 13.1 Å². The van der Waals surface area contributed by atoms with Gasteiger partial charge in [0.1, 0.15) is 0 Å². The molecule has 0 saturated heterocycles. The first-order valence-electron chi connectivity index (χ1n) is 4.94. The average Bonchev–Trinajstić information content (AvgIpc) is 2.86. The molecule has 1 atom stereocenters. The largest absolute Gasteiger partial charge is 0.212 e. The van der Waals surface area contributed by atoms with Crippen molar-refractivity contribution in [2.75, 3.05) is 5.75 Å². The lowest BCUT2D eigenvalue weighted by Crippen LogP contribution is -2.36. The van der Waals surface area contributed by atoms with Crippen molar-refractivity contribution in [2.45, 2.75) is 38.6 Å². The molecule has 0 aromatic heterocycles. The monoisotopic (exact) mass is 216 g/mol. The van der Waals surface area contributed by atoms with E-state index in [1.54, 1.807) is 0 Å². The van der Waals surface area contributed by atoms with Crippen molar-refractivity contribution in [1.82, 2.24) is 4.72 Å². The second-order valence-corrected chi connectivity index (χ2v) is 5.61. The first-order valence-corrected chi connectivity index (χ1v) is 6.59. The molecular formula is C9H16N2O2S. The van der Waals surface area contributed by atoms with Gasteiger partial charge in [0.15, 0.2) is 0 Å². The van der Waals surface area contributed by atoms with Crippen molar-refractivity contribution in [1.29, 1.82) is 5.26 Å². The third kappa shape index (κ3) is 4.07. The molecule has 0 radical (unpaired) electrons. The fourth-order valence-electron chi connectivity index (χ4n) is 1.28. The van der Waals surface area contributed by atoms with Gasteiger partial charge in [0.05, 0.1) is 18.2 Å². The van der Waals surface area contributed by atoms with Crippen LogP contribution in [0.1, 0.15) is 32.6 Å². The van der Waals surface area contributed by atoms with Gasteiger partial charge in [-0.05, 0) is 25.2 Å². The molecule has 0 aromatic rings. The highest BCUT2D eigenvalue weighted by Gasteiger charge is 2.28. The fourth-order valence-corrected chi connectivity index (χ4v) is 3.08. The van der Waals surface area contributed by atoms with E-state index in [9.17, 15) is 8.42 Å². The van der Waals surface area contributed by atoms with Crippen molar-refractivity contribution >= 4 is 10.0 Å². The fraction of sp³-hybridized carbons (Fsp3) is 0.889. The molecule has 0 heterocycles. The number of hydrogen-bond acceptors (Lipinski definition) is 3. The Bertz CT molecular complexity index is 314. The number of nitriles is 1. The van der Waals surface area contributed by atoms with Gasteiger partial charge in [0, 0.05) is 6.04 Å². The summed E-state index contributed by atoms with van der Waals surface area (Å²) in [7, 11) is -3.15. The molecule has 0 aliphatic heterocycles. The standard InChI is InChI=1S/C9H16N2O2S/c1-2-9(5-6-10)11-14(12,13)7-8-3-4-8/h8-9,11H,2-5,7H2,1H3. The summed E-state index contributed by atoms with van der Waals surface area (Å²) in [5.74, 6) is 0.585. The highest BCUT2D eigenvalue weighted by atomic mass is 32.2. The lowest BCUT2D eigenvalue weighted by molar-refractivity contribution is 0.540. The van der Waals surface area contributed by atoms with Crippen LogP contribution in [-0.2, 0) is 10.0 Å². The molecule has 1 N–H and O–H groups in total. The van der Waals surface area contributed by atoms with E-state index in [1.807, 2.05) is 13.0 Å². The number of nitrogens with one attached hydrogen (secondary N) is 1. The minimum Gasteiger partial charge on any atom is -0.212 e. The Balaban J connectivity index is 2.42. The Morgan fingerprint density at radius 3 is 2.64 bits per heavy atom. The lowest BCUT2D eigenvalue weighted by atomic mass is 10.2. The molecule has 1 saturated carbocycles. The van der Waals surface area contributed by atoms with Gasteiger partial charge in [-0.2, -0.15) is 5.26 Å². The van der Waals surface area contributed by atoms with Gasteiger partial charge < -0.3 is 0 Å². The number of rotatable bonds is 6. The van der Waals surface area contributed by atoms with Crippen LogP contribution in [0.5, 0.6) is 0 Å². The molecular weight excluding hydrogens is 200 g/mol. The second-order valence-electron chi connectivity index (χ2n) is 3.81. The molecule has 1 rings (SSSR count). The van der Waals surface area contributed by atoms with Gasteiger partial charge in [-0.15, -0.1) is 0 Å². The molecule has 0 aromatic carbocycles. The van der Waals surface area contributed by atoms with E-state index in [-0.39, 0.29) is 18.2 Å². The van der Waals surface area contributed by atoms with Crippen LogP contribution in [0.3, 0.4) is 0 Å². The van der Waals surface area contributed by atoms with Crippen molar-refractivity contribution in [3.8, 4) is 6.07 Å². The van der Waals surface area contributed by atoms with Gasteiger partial charge in [0.2, 0.25) is 10.0 Å². The number of sulfonamides is 1. The summed E-state index contributed by atoms with van der Waals surface area (Å²) in [6.45, 7) is 1.88. The van der Waals surface area contributed by atoms with E-state index in [1.165, 1.54) is 0 Å². The van der Waals surface area contributed by atoms with Crippen molar-refractivity contribution < 1.29 is 8.42 Å². The van der Waals surface area contributed by atoms with E-state index in [2.05, 4.69) is 4.72 Å². The Kier molecular flexibility index (Phi) is 3.90. The smallest absolute Gasteiger partial charge is 0.212 e. The summed E-state index contributed by atoms with van der Waals surface area (Å²) < 4.78 is 25.6. The maximum Gasteiger partial charge on any atom is 0.212 e. The van der Waals surface area contributed by atoms with Crippen LogP contribution in [-0.4, -0.2) is 20.2 Å². The van der Waals surface area contributed by atoms with Crippen molar-refractivity contribution in [3.63, 3.8) is 0 Å². The maximum absolute atomic E-state index is 11.5. The molecule has 1 unspecified atom stereocenters. The molecule has 0 amide bonds. The van der Waals surface area contributed by atoms with Gasteiger partial charge in [0.25, 0.3) is 0 Å². The van der Waals surface area contributed by atoms with Gasteiger partial charge >= 0.3 is 0 Å². The van der Waals surface area contributed by atoms with Crippen LogP contribution < -0.4 is 4.72 Å². The third-order valence-electron chi connectivity index (χ3n) is 2.33. The van der Waals surface area contributed by atoms with Crippen molar-refractivity contribution in [3.05, 3.63) is 0 Å². The van der Waals surface area contributed by atoms with E-state index in [0.29, 0.717) is 12.3 Å². The highest BCUT2D eigenvalue weighted by molar-refractivity contribution is 7.89. The van der Waals surface area contributed by atoms with Crippen LogP contribution in [0.25, 0.3) is 0 Å². The maximum atomic E-state index is 11.5. The summed E-state index contributed by atoms with van der Waals surface area (Å²) in [5.41, 5.74) is 0. The Labute approximate surface area is 85.4 Å². The minimum atomic E-state index is -3.15. The highest BCUT2D eigenvalue weighted by Crippen LogP contribution is 2.30. The Hall–Kier alpha value is -0.600. The molecule has 1 aliphatic carbocycles. The predicted molar refractivity (Wildman–Crippen MR) is 54.0 cm³/mol. The zero-order chi connectivity index (χ0) is 10.6. The van der Waals surface area contributed by atoms with Crippen LogP contribution >= 0.6 is 0 Å². The van der Waals surface area contributed by atoms with Crippen molar-refractivity contribution in [2.24, 2.45) is 5.92 Å². The molecule has 0 bridgehead atoms. The lowest BCUT2D eigenvalue weighted by Gasteiger charge is -2.13. The van der Waals surface area contributed by atoms with Crippen LogP contribution in [0, 0.1) is 17.2 Å². The van der Waals surface area contributed by atoms with Crippen LogP contribution in [0.4, 0.5) is 0 Å². The van der Waals surface area contributed by atoms with Gasteiger partial charge in [-0.1, -0.05) is 6.92 Å². The minimum absolute atomic E-state index is 0.219. The van der Waals surface area contributed by atoms with E-state index >= 15 is 0 Å². The molecule has 0 spiro atoms. The molecule has 1 fully saturated rings. The average molecular weight is 216 g/mol. The third-order valence-corrected chi connectivity index (χ3v) is 3.93. The molecule has 4 nitrogen and oxygen atoms in total. The topological polar surface area (TPSA) is 70.0 Å². The summed E-state index contributed by atoms with van der Waals surface area (Å²) in [4.78, 5) is 0. The zero-order valence-electron chi connectivity index (χ0n) is 8.36. The van der Waals surface area contributed by atoms with Gasteiger partial charge in [-0.3, -0.25) is 0 Å². The van der Waals surface area contributed by atoms with E-state index in [0.717, 1.165) is 12.8 Å². The SMILES string of the molecule is CCC(CC#N)NS(=O)(=O)CC1CC1. The molecule has 5 heteroatoms. The zero-order valence-corrected chi connectivity index (χ0v) is 9.18. The molecule has 1 aliphatic rings. The molecule has 14 heavy (non-hydrogen) atoms. The second kappa shape index (κ2) is 4.76. The summed E-state index contributed by atoms with van der Waals surface area (Å²) in [6.07, 6.45) is 2.96. The van der Waals surface area contributed by atoms with E-state index < -0.39 is 10.0 Å². The van der Waals surface area contributed by atoms with E-state index in [4.69, 9.17) is 5.26 Å². The molecule has 80 valence electrons. The predicted octanol–water partition coefficient (Wildman–Crippen LogP) is 1.01. The normalized spacial score (nSPS) is 18.9. The summed E-state index contributed by atoms with van der Waals surface area (Å²) in [6, 6.07) is 1.76. The van der Waals surface area contributed by atoms with Crippen LogP contribution in [0.2, 0.25) is 0 Å². The van der Waals surface area contributed by atoms with Crippen LogP contribution in [0.15, 0.2) is 0 Å². The summed E-state index contributed by atoms with van der Waals surface area (Å²) in [5, 5.41) is 8.47. The Morgan fingerprint density at radius 1 is 1.57 bits per heavy atom. The Morgan fingerprint density at radius 2 is 2.21 bits per heavy atom.